The van der Waals surface area contributed by atoms with Crippen molar-refractivity contribution in [2.24, 2.45) is 5.84 Å². The number of hydrazine groups is 1. The molecular weight excluding hydrogens is 155 g/mol. The van der Waals surface area contributed by atoms with Crippen LogP contribution in [0.1, 0.15) is 6.92 Å². The molecule has 3 N–H and O–H groups in total. The van der Waals surface area contributed by atoms with Crippen LogP contribution in [0.4, 0.5) is 0 Å². The maximum atomic E-state index is 5.25. The lowest BCUT2D eigenvalue weighted by Gasteiger charge is -2.12. The van der Waals surface area contributed by atoms with E-state index >= 15 is 0 Å². The summed E-state index contributed by atoms with van der Waals surface area (Å²) in [5, 5.41) is 0.0507. The van der Waals surface area contributed by atoms with Gasteiger partial charge in [-0.05, 0) is 19.1 Å². The Morgan fingerprint density at radius 3 is 2.91 bits per heavy atom. The van der Waals surface area contributed by atoms with Gasteiger partial charge < -0.3 is 5.43 Å². The summed E-state index contributed by atoms with van der Waals surface area (Å²) in [6, 6.07) is 0. The molecule has 0 aromatic carbocycles. The molecule has 60 valence electrons. The largest absolute Gasteiger partial charge is 0.324 e. The summed E-state index contributed by atoms with van der Waals surface area (Å²) in [4.78, 5) is 0. The van der Waals surface area contributed by atoms with Crippen molar-refractivity contribution in [1.82, 2.24) is 5.43 Å². The highest BCUT2D eigenvalue weighted by atomic mass is 31.0. The Kier molecular flexibility index (Phi) is 2.48. The van der Waals surface area contributed by atoms with Crippen LogP contribution in [0.2, 0.25) is 0 Å². The summed E-state index contributed by atoms with van der Waals surface area (Å²) in [5.74, 6) is 5.25. The van der Waals surface area contributed by atoms with Gasteiger partial charge in [-0.3, -0.25) is 5.84 Å². The minimum atomic E-state index is 0.0507. The third-order valence-electron chi connectivity index (χ3n) is 1.52. The highest BCUT2D eigenvalue weighted by Gasteiger charge is 2.09. The van der Waals surface area contributed by atoms with Crippen molar-refractivity contribution in [3.05, 3.63) is 36.1 Å². The number of hydrogen-bond donors (Lipinski definition) is 2. The predicted octanol–water partition coefficient (Wildman–Crippen LogP) is 1.09. The van der Waals surface area contributed by atoms with E-state index in [-0.39, 0.29) is 5.16 Å². The van der Waals surface area contributed by atoms with Crippen molar-refractivity contribution in [2.45, 2.75) is 12.1 Å². The molecule has 0 aromatic rings. The molecule has 0 saturated heterocycles. The van der Waals surface area contributed by atoms with Crippen LogP contribution in [0.3, 0.4) is 0 Å². The molecule has 0 fully saturated rings. The summed E-state index contributed by atoms with van der Waals surface area (Å²) >= 11 is 0. The second-order valence-corrected chi connectivity index (χ2v) is 4.07. The topological polar surface area (TPSA) is 38.0 Å². The molecule has 0 radical (unpaired) electrons. The van der Waals surface area contributed by atoms with Gasteiger partial charge in [0.1, 0.15) is 0 Å². The van der Waals surface area contributed by atoms with Gasteiger partial charge in [0.25, 0.3) is 0 Å². The quantitative estimate of drug-likeness (QED) is 0.349. The first-order chi connectivity index (χ1) is 5.14. The maximum Gasteiger partial charge on any atom is 0.0482 e. The molecule has 2 unspecified atom stereocenters. The number of allylic oxidation sites excluding steroid dienone is 5. The zero-order valence-corrected chi connectivity index (χ0v) is 7.70. The number of rotatable bonds is 1. The predicted molar refractivity (Wildman–Crippen MR) is 51.8 cm³/mol. The Morgan fingerprint density at radius 1 is 1.55 bits per heavy atom. The van der Waals surface area contributed by atoms with Gasteiger partial charge in [-0.15, -0.1) is 9.24 Å². The van der Waals surface area contributed by atoms with Gasteiger partial charge in [0.15, 0.2) is 0 Å². The minimum absolute atomic E-state index is 0.0507. The van der Waals surface area contributed by atoms with Crippen LogP contribution in [0.25, 0.3) is 0 Å². The molecule has 11 heavy (non-hydrogen) atoms. The van der Waals surface area contributed by atoms with Crippen molar-refractivity contribution in [2.75, 3.05) is 0 Å². The highest BCUT2D eigenvalue weighted by Crippen LogP contribution is 2.23. The molecule has 0 amide bonds. The molecule has 1 aliphatic rings. The Labute approximate surface area is 69.4 Å². The molecular formula is C8H13N2P. The van der Waals surface area contributed by atoms with E-state index in [9.17, 15) is 0 Å². The van der Waals surface area contributed by atoms with Crippen LogP contribution >= 0.6 is 9.24 Å². The van der Waals surface area contributed by atoms with Crippen LogP contribution < -0.4 is 11.3 Å². The maximum absolute atomic E-state index is 5.25. The van der Waals surface area contributed by atoms with E-state index in [1.165, 1.54) is 0 Å². The molecule has 2 atom stereocenters. The molecule has 1 rings (SSSR count). The molecule has 0 aliphatic heterocycles. The van der Waals surface area contributed by atoms with Gasteiger partial charge in [-0.2, -0.15) is 0 Å². The van der Waals surface area contributed by atoms with Gasteiger partial charge in [0.05, 0.1) is 0 Å². The second-order valence-electron chi connectivity index (χ2n) is 2.82. The van der Waals surface area contributed by atoms with Crippen LogP contribution in [0, 0.1) is 0 Å². The van der Waals surface area contributed by atoms with E-state index in [4.69, 9.17) is 5.84 Å². The zero-order valence-electron chi connectivity index (χ0n) is 6.54. The SMILES string of the molecule is CC1(P)C=CC=C(NN)C=C1. The first-order valence-corrected chi connectivity index (χ1v) is 4.06. The van der Waals surface area contributed by atoms with E-state index in [1.54, 1.807) is 0 Å². The number of nitrogens with two attached hydrogens (primary N) is 1. The average molecular weight is 168 g/mol. The minimum Gasteiger partial charge on any atom is -0.324 e. The Morgan fingerprint density at radius 2 is 2.27 bits per heavy atom. The lowest BCUT2D eigenvalue weighted by molar-refractivity contribution is 0.913. The molecule has 0 saturated carbocycles. The van der Waals surface area contributed by atoms with E-state index in [1.807, 2.05) is 18.2 Å². The molecule has 3 heteroatoms. The summed E-state index contributed by atoms with van der Waals surface area (Å²) in [7, 11) is 2.76. The van der Waals surface area contributed by atoms with Crippen molar-refractivity contribution in [3.63, 3.8) is 0 Å². The van der Waals surface area contributed by atoms with Gasteiger partial charge in [0, 0.05) is 10.9 Å². The number of nitrogens with one attached hydrogen (secondary N) is 1. The molecule has 1 aliphatic carbocycles. The van der Waals surface area contributed by atoms with Crippen LogP contribution in [-0.2, 0) is 0 Å². The van der Waals surface area contributed by atoms with Crippen LogP contribution in [0.5, 0.6) is 0 Å². The third kappa shape index (κ3) is 2.49. The van der Waals surface area contributed by atoms with Gasteiger partial charge in [-0.1, -0.05) is 18.2 Å². The fraction of sp³-hybridized carbons (Fsp3) is 0.250. The molecule has 2 nitrogen and oxygen atoms in total. The fourth-order valence-electron chi connectivity index (χ4n) is 0.836. The summed E-state index contributed by atoms with van der Waals surface area (Å²) < 4.78 is 0. The van der Waals surface area contributed by atoms with Gasteiger partial charge >= 0.3 is 0 Å². The van der Waals surface area contributed by atoms with E-state index in [0.717, 1.165) is 5.70 Å². The van der Waals surface area contributed by atoms with Crippen LogP contribution in [-0.4, -0.2) is 5.16 Å². The first kappa shape index (κ1) is 8.51. The highest BCUT2D eigenvalue weighted by molar-refractivity contribution is 7.19. The molecule has 0 bridgehead atoms. The van der Waals surface area contributed by atoms with Crippen LogP contribution in [0.15, 0.2) is 36.1 Å². The van der Waals surface area contributed by atoms with E-state index in [0.29, 0.717) is 0 Å². The number of hydrogen-bond acceptors (Lipinski definition) is 2. The fourth-order valence-corrected chi connectivity index (χ4v) is 1.04. The van der Waals surface area contributed by atoms with Crippen molar-refractivity contribution >= 4 is 9.24 Å². The van der Waals surface area contributed by atoms with E-state index in [2.05, 4.69) is 33.7 Å². The normalized spacial score (nSPS) is 29.5. The monoisotopic (exact) mass is 168 g/mol. The standard InChI is InChI=1S/C8H13N2P/c1-8(11)5-2-3-7(10-9)4-6-8/h2-6,10H,9,11H2,1H3. The van der Waals surface area contributed by atoms with Crippen molar-refractivity contribution in [3.8, 4) is 0 Å². The molecule has 0 aromatic heterocycles. The van der Waals surface area contributed by atoms with Crippen molar-refractivity contribution in [1.29, 1.82) is 0 Å². The summed E-state index contributed by atoms with van der Waals surface area (Å²) in [6.45, 7) is 2.11. The van der Waals surface area contributed by atoms with Gasteiger partial charge in [0.2, 0.25) is 0 Å². The summed E-state index contributed by atoms with van der Waals surface area (Å²) in [6.07, 6.45) is 10.1. The molecule has 0 spiro atoms. The lowest BCUT2D eigenvalue weighted by Crippen LogP contribution is -2.19. The Hall–Kier alpha value is -0.590. The van der Waals surface area contributed by atoms with Crippen molar-refractivity contribution < 1.29 is 0 Å². The Balaban J connectivity index is 2.83. The van der Waals surface area contributed by atoms with Gasteiger partial charge in [-0.25, -0.2) is 0 Å². The second kappa shape index (κ2) is 3.21. The average Bonchev–Trinajstić information content (AvgIpc) is 2.10. The van der Waals surface area contributed by atoms with E-state index < -0.39 is 0 Å². The zero-order chi connectivity index (χ0) is 8.32. The molecule has 0 heterocycles. The first-order valence-electron chi connectivity index (χ1n) is 3.48. The smallest absolute Gasteiger partial charge is 0.0482 e. The lowest BCUT2D eigenvalue weighted by atomic mass is 10.1. The summed E-state index contributed by atoms with van der Waals surface area (Å²) in [5.41, 5.74) is 3.52. The Bertz CT molecular complexity index is 226. The third-order valence-corrected chi connectivity index (χ3v) is 1.90.